The molecule has 1 heterocycles. The Kier molecular flexibility index (Phi) is 6.10. The first-order chi connectivity index (χ1) is 14.8. The minimum Gasteiger partial charge on any atom is -0.492 e. The zero-order valence-electron chi connectivity index (χ0n) is 17.8. The maximum Gasteiger partial charge on any atom is 0.214 e. The standard InChI is InChI=1S/C23H26ClN3O3S/c1-4-30-22-8-6-5-7-21(22)27-23(16-9-11-17(24)12-10-16)19-13-18(14-20(19)25-27)26-31(28,29)15(2)3/h5-12,15,18,26H,4,13-14H2,1-3H3/t18-/m1/s1. The lowest BCUT2D eigenvalue weighted by Crippen LogP contribution is -2.39. The second-order valence-corrected chi connectivity index (χ2v) is 10.6. The molecule has 0 radical (unpaired) electrons. The SMILES string of the molecule is CCOc1ccccc1-n1nc2c(c1-c1ccc(Cl)cc1)C[C@@H](NS(=O)(=O)C(C)C)C2. The Labute approximate surface area is 188 Å². The maximum absolute atomic E-state index is 12.4. The summed E-state index contributed by atoms with van der Waals surface area (Å²) in [6.45, 7) is 5.86. The van der Waals surface area contributed by atoms with Crippen molar-refractivity contribution in [2.45, 2.75) is 44.9 Å². The Bertz CT molecular complexity index is 1190. The van der Waals surface area contributed by atoms with Crippen LogP contribution in [-0.4, -0.2) is 36.1 Å². The molecule has 3 aromatic rings. The molecule has 1 aliphatic rings. The number of fused-ring (bicyclic) bond motifs is 1. The number of nitrogens with zero attached hydrogens (tertiary/aromatic N) is 2. The number of rotatable bonds is 7. The van der Waals surface area contributed by atoms with Crippen LogP contribution in [0, 0.1) is 0 Å². The van der Waals surface area contributed by atoms with Crippen molar-refractivity contribution in [1.82, 2.24) is 14.5 Å². The quantitative estimate of drug-likeness (QED) is 0.568. The summed E-state index contributed by atoms with van der Waals surface area (Å²) in [5.41, 5.74) is 4.70. The third kappa shape index (κ3) is 4.35. The number of benzene rings is 2. The predicted molar refractivity (Wildman–Crippen MR) is 124 cm³/mol. The molecule has 1 aliphatic carbocycles. The van der Waals surface area contributed by atoms with Gasteiger partial charge in [0.25, 0.3) is 0 Å². The molecular weight excluding hydrogens is 434 g/mol. The van der Waals surface area contributed by atoms with Gasteiger partial charge in [0.15, 0.2) is 0 Å². The molecule has 1 N–H and O–H groups in total. The van der Waals surface area contributed by atoms with Crippen LogP contribution >= 0.6 is 11.6 Å². The number of halogens is 1. The van der Waals surface area contributed by atoms with Crippen LogP contribution in [0.15, 0.2) is 48.5 Å². The minimum atomic E-state index is -3.36. The molecule has 31 heavy (non-hydrogen) atoms. The highest BCUT2D eigenvalue weighted by Crippen LogP contribution is 2.37. The van der Waals surface area contributed by atoms with E-state index in [1.807, 2.05) is 60.1 Å². The van der Waals surface area contributed by atoms with E-state index in [-0.39, 0.29) is 6.04 Å². The van der Waals surface area contributed by atoms with Crippen LogP contribution in [0.2, 0.25) is 5.02 Å². The minimum absolute atomic E-state index is 0.201. The number of hydrogen-bond acceptors (Lipinski definition) is 4. The van der Waals surface area contributed by atoms with Gasteiger partial charge < -0.3 is 4.74 Å². The normalized spacial score (nSPS) is 16.0. The summed E-state index contributed by atoms with van der Waals surface area (Å²) in [4.78, 5) is 0. The summed E-state index contributed by atoms with van der Waals surface area (Å²) in [6.07, 6.45) is 1.13. The fraction of sp³-hybridized carbons (Fsp3) is 0.348. The molecule has 164 valence electrons. The van der Waals surface area contributed by atoms with E-state index >= 15 is 0 Å². The van der Waals surface area contributed by atoms with Gasteiger partial charge in [-0.25, -0.2) is 17.8 Å². The van der Waals surface area contributed by atoms with Crippen LogP contribution in [0.1, 0.15) is 32.0 Å². The van der Waals surface area contributed by atoms with Gasteiger partial charge in [0.1, 0.15) is 11.4 Å². The maximum atomic E-state index is 12.4. The lowest BCUT2D eigenvalue weighted by molar-refractivity contribution is 0.338. The van der Waals surface area contributed by atoms with Crippen LogP contribution in [0.3, 0.4) is 0 Å². The third-order valence-corrected chi connectivity index (χ3v) is 7.57. The summed E-state index contributed by atoms with van der Waals surface area (Å²) in [7, 11) is -3.36. The van der Waals surface area contributed by atoms with Gasteiger partial charge in [0, 0.05) is 28.6 Å². The lowest BCUT2D eigenvalue weighted by Gasteiger charge is -2.17. The summed E-state index contributed by atoms with van der Waals surface area (Å²) < 4.78 is 35.4. The summed E-state index contributed by atoms with van der Waals surface area (Å²) in [5.74, 6) is 0.749. The Morgan fingerprint density at radius 3 is 2.55 bits per heavy atom. The van der Waals surface area contributed by atoms with Crippen molar-refractivity contribution in [3.63, 3.8) is 0 Å². The Morgan fingerprint density at radius 1 is 1.16 bits per heavy atom. The molecule has 1 aromatic heterocycles. The van der Waals surface area contributed by atoms with E-state index < -0.39 is 15.3 Å². The first kappa shape index (κ1) is 21.9. The van der Waals surface area contributed by atoms with Crippen molar-refractivity contribution >= 4 is 21.6 Å². The fourth-order valence-electron chi connectivity index (χ4n) is 3.87. The monoisotopic (exact) mass is 459 g/mol. The second kappa shape index (κ2) is 8.65. The van der Waals surface area contributed by atoms with Crippen molar-refractivity contribution in [1.29, 1.82) is 0 Å². The van der Waals surface area contributed by atoms with Crippen molar-refractivity contribution < 1.29 is 13.2 Å². The van der Waals surface area contributed by atoms with Crippen LogP contribution in [0.4, 0.5) is 0 Å². The van der Waals surface area contributed by atoms with Gasteiger partial charge in [0.2, 0.25) is 10.0 Å². The van der Waals surface area contributed by atoms with E-state index in [9.17, 15) is 8.42 Å². The average molecular weight is 460 g/mol. The molecule has 0 saturated heterocycles. The zero-order valence-corrected chi connectivity index (χ0v) is 19.4. The zero-order chi connectivity index (χ0) is 22.2. The molecule has 0 bridgehead atoms. The van der Waals surface area contributed by atoms with Crippen molar-refractivity contribution in [3.05, 3.63) is 64.8 Å². The molecule has 4 rings (SSSR count). The lowest BCUT2D eigenvalue weighted by atomic mass is 10.1. The highest BCUT2D eigenvalue weighted by molar-refractivity contribution is 7.90. The van der Waals surface area contributed by atoms with Crippen molar-refractivity contribution in [2.75, 3.05) is 6.61 Å². The van der Waals surface area contributed by atoms with E-state index in [1.54, 1.807) is 13.8 Å². The molecule has 1 atom stereocenters. The molecule has 2 aromatic carbocycles. The van der Waals surface area contributed by atoms with Gasteiger partial charge in [0.05, 0.1) is 23.2 Å². The van der Waals surface area contributed by atoms with Gasteiger partial charge in [-0.1, -0.05) is 35.9 Å². The van der Waals surface area contributed by atoms with Gasteiger partial charge in [-0.05, 0) is 51.5 Å². The van der Waals surface area contributed by atoms with Gasteiger partial charge in [-0.3, -0.25) is 0 Å². The number of hydrogen-bond donors (Lipinski definition) is 1. The summed E-state index contributed by atoms with van der Waals surface area (Å²) in [6, 6.07) is 15.2. The van der Waals surface area contributed by atoms with Crippen molar-refractivity contribution in [3.8, 4) is 22.7 Å². The molecule has 0 unspecified atom stereocenters. The first-order valence-corrected chi connectivity index (χ1v) is 12.3. The molecule has 8 heteroatoms. The van der Waals surface area contributed by atoms with Crippen LogP contribution in [0.5, 0.6) is 5.75 Å². The number of aromatic nitrogens is 2. The van der Waals surface area contributed by atoms with Crippen LogP contribution in [-0.2, 0) is 22.9 Å². The molecule has 0 amide bonds. The Morgan fingerprint density at radius 2 is 1.87 bits per heavy atom. The van der Waals surface area contributed by atoms with Crippen LogP contribution in [0.25, 0.3) is 16.9 Å². The Hall–Kier alpha value is -2.35. The molecule has 0 fully saturated rings. The molecule has 0 saturated carbocycles. The Balaban J connectivity index is 1.80. The predicted octanol–water partition coefficient (Wildman–Crippen LogP) is 4.39. The highest BCUT2D eigenvalue weighted by atomic mass is 35.5. The van der Waals surface area contributed by atoms with Gasteiger partial charge >= 0.3 is 0 Å². The molecule has 0 aliphatic heterocycles. The van der Waals surface area contributed by atoms with E-state index in [0.29, 0.717) is 24.5 Å². The second-order valence-electron chi connectivity index (χ2n) is 7.91. The fourth-order valence-corrected chi connectivity index (χ4v) is 4.90. The summed E-state index contributed by atoms with van der Waals surface area (Å²) in [5, 5.41) is 5.08. The van der Waals surface area contributed by atoms with E-state index in [0.717, 1.165) is 34.0 Å². The van der Waals surface area contributed by atoms with E-state index in [2.05, 4.69) is 4.72 Å². The first-order valence-electron chi connectivity index (χ1n) is 10.4. The smallest absolute Gasteiger partial charge is 0.214 e. The molecular formula is C23H26ClN3O3S. The van der Waals surface area contributed by atoms with Gasteiger partial charge in [-0.2, -0.15) is 5.10 Å². The molecule has 0 spiro atoms. The number of nitrogens with one attached hydrogen (secondary N) is 1. The van der Waals surface area contributed by atoms with E-state index in [1.165, 1.54) is 0 Å². The van der Waals surface area contributed by atoms with E-state index in [4.69, 9.17) is 21.4 Å². The number of sulfonamides is 1. The van der Waals surface area contributed by atoms with Gasteiger partial charge in [-0.15, -0.1) is 0 Å². The van der Waals surface area contributed by atoms with Crippen molar-refractivity contribution in [2.24, 2.45) is 0 Å². The topological polar surface area (TPSA) is 73.2 Å². The summed E-state index contributed by atoms with van der Waals surface area (Å²) >= 11 is 6.12. The highest BCUT2D eigenvalue weighted by Gasteiger charge is 2.33. The number of ether oxygens (including phenoxy) is 1. The number of para-hydroxylation sites is 2. The molecule has 6 nitrogen and oxygen atoms in total. The largest absolute Gasteiger partial charge is 0.492 e. The van der Waals surface area contributed by atoms with Crippen LogP contribution < -0.4 is 9.46 Å². The average Bonchev–Trinajstić information content (AvgIpc) is 3.26. The third-order valence-electron chi connectivity index (χ3n) is 5.42.